The van der Waals surface area contributed by atoms with E-state index in [9.17, 15) is 0 Å². The maximum atomic E-state index is 6.09. The van der Waals surface area contributed by atoms with Crippen LogP contribution in [0.4, 0.5) is 0 Å². The summed E-state index contributed by atoms with van der Waals surface area (Å²) in [6.07, 6.45) is 2.28. The highest BCUT2D eigenvalue weighted by Crippen LogP contribution is 2.35. The summed E-state index contributed by atoms with van der Waals surface area (Å²) in [7, 11) is -0.549. The van der Waals surface area contributed by atoms with E-state index in [1.54, 1.807) is 0 Å². The number of rotatable bonds is 8. The van der Waals surface area contributed by atoms with Gasteiger partial charge in [0.2, 0.25) is 0 Å². The lowest BCUT2D eigenvalue weighted by Gasteiger charge is -2.22. The number of halogens is 1. The molecule has 0 aromatic heterocycles. The highest BCUT2D eigenvalue weighted by Gasteiger charge is 2.18. The van der Waals surface area contributed by atoms with E-state index in [1.165, 1.54) is 27.0 Å². The molecule has 162 valence electrons. The van der Waals surface area contributed by atoms with E-state index in [0.717, 1.165) is 17.9 Å². The van der Waals surface area contributed by atoms with Crippen molar-refractivity contribution in [3.63, 3.8) is 0 Å². The Bertz CT molecular complexity index is 1050. The van der Waals surface area contributed by atoms with E-state index in [0.29, 0.717) is 11.8 Å². The Kier molecular flexibility index (Phi) is 7.80. The van der Waals surface area contributed by atoms with Gasteiger partial charge in [0.1, 0.15) is 0 Å². The second-order valence-electron chi connectivity index (χ2n) is 8.39. The van der Waals surface area contributed by atoms with Crippen molar-refractivity contribution in [3.8, 4) is 0 Å². The van der Waals surface area contributed by atoms with Crippen LogP contribution in [0.1, 0.15) is 49.7 Å². The zero-order valence-corrected chi connectivity index (χ0v) is 20.4. The monoisotopic (exact) mass is 456 g/mol. The van der Waals surface area contributed by atoms with Crippen molar-refractivity contribution >= 4 is 35.4 Å². The van der Waals surface area contributed by atoms with Crippen molar-refractivity contribution in [2.75, 3.05) is 0 Å². The first kappa shape index (κ1) is 22.8. The van der Waals surface area contributed by atoms with Crippen LogP contribution in [0.5, 0.6) is 0 Å². The SMILES string of the molecule is CCC(CC(C)c1ccc(P(c2ccccc2)c2ccccc2)cc1)c1ccc(Cl)cc1. The average Bonchev–Trinajstić information content (AvgIpc) is 2.85. The largest absolute Gasteiger partial charge is 0.0843 e. The first-order valence-electron chi connectivity index (χ1n) is 11.4. The second kappa shape index (κ2) is 11.0. The molecule has 0 heterocycles. The summed E-state index contributed by atoms with van der Waals surface area (Å²) < 4.78 is 0. The fourth-order valence-corrected chi connectivity index (χ4v) is 6.80. The Morgan fingerprint density at radius 3 is 1.59 bits per heavy atom. The number of hydrogen-bond acceptors (Lipinski definition) is 0. The third-order valence-corrected chi connectivity index (χ3v) is 8.92. The van der Waals surface area contributed by atoms with Crippen LogP contribution >= 0.6 is 19.5 Å². The van der Waals surface area contributed by atoms with Crippen molar-refractivity contribution in [1.82, 2.24) is 0 Å². The predicted octanol–water partition coefficient (Wildman–Crippen LogP) is 7.79. The van der Waals surface area contributed by atoms with Gasteiger partial charge in [-0.3, -0.25) is 0 Å². The summed E-state index contributed by atoms with van der Waals surface area (Å²) in [6.45, 7) is 4.63. The minimum Gasteiger partial charge on any atom is -0.0843 e. The van der Waals surface area contributed by atoms with Crippen LogP contribution in [0.15, 0.2) is 109 Å². The summed E-state index contributed by atoms with van der Waals surface area (Å²) in [4.78, 5) is 0. The summed E-state index contributed by atoms with van der Waals surface area (Å²) >= 11 is 6.09. The molecule has 4 aromatic carbocycles. The standard InChI is InChI=1S/C30H30ClP/c1-3-24(26-14-18-27(31)19-15-26)22-23(2)25-16-20-30(21-17-25)32(28-10-6-4-7-11-28)29-12-8-5-9-13-29/h4-21,23-24H,3,22H2,1-2H3. The normalized spacial score (nSPS) is 13.1. The van der Waals surface area contributed by atoms with Crippen LogP contribution in [0.25, 0.3) is 0 Å². The third kappa shape index (κ3) is 5.50. The Hall–Kier alpha value is -2.40. The minimum absolute atomic E-state index is 0.504. The molecule has 0 aliphatic rings. The van der Waals surface area contributed by atoms with Gasteiger partial charge >= 0.3 is 0 Å². The maximum absolute atomic E-state index is 6.09. The van der Waals surface area contributed by atoms with Crippen LogP contribution in [-0.4, -0.2) is 0 Å². The van der Waals surface area contributed by atoms with E-state index in [1.807, 2.05) is 12.1 Å². The molecule has 2 atom stereocenters. The van der Waals surface area contributed by atoms with Gasteiger partial charge < -0.3 is 0 Å². The van der Waals surface area contributed by atoms with E-state index < -0.39 is 7.92 Å². The molecular weight excluding hydrogens is 427 g/mol. The zero-order chi connectivity index (χ0) is 22.3. The molecule has 0 saturated heterocycles. The fourth-order valence-electron chi connectivity index (χ4n) is 4.39. The van der Waals surface area contributed by atoms with Crippen LogP contribution in [-0.2, 0) is 0 Å². The molecule has 0 N–H and O–H groups in total. The molecule has 4 rings (SSSR count). The van der Waals surface area contributed by atoms with Crippen molar-refractivity contribution in [3.05, 3.63) is 125 Å². The molecular formula is C30H30ClP. The summed E-state index contributed by atoms with van der Waals surface area (Å²) in [5.41, 5.74) is 2.80. The predicted molar refractivity (Wildman–Crippen MR) is 143 cm³/mol. The first-order chi connectivity index (χ1) is 15.7. The van der Waals surface area contributed by atoms with Crippen molar-refractivity contribution in [2.45, 2.75) is 38.5 Å². The van der Waals surface area contributed by atoms with Crippen LogP contribution < -0.4 is 15.9 Å². The Morgan fingerprint density at radius 1 is 0.625 bits per heavy atom. The number of hydrogen-bond donors (Lipinski definition) is 0. The molecule has 0 aliphatic heterocycles. The molecule has 0 bridgehead atoms. The van der Waals surface area contributed by atoms with E-state index in [2.05, 4.69) is 111 Å². The van der Waals surface area contributed by atoms with Crippen LogP contribution in [0.3, 0.4) is 0 Å². The Balaban J connectivity index is 1.56. The summed E-state index contributed by atoms with van der Waals surface area (Å²) in [6, 6.07) is 39.6. The van der Waals surface area contributed by atoms with Crippen molar-refractivity contribution in [2.24, 2.45) is 0 Å². The van der Waals surface area contributed by atoms with Crippen LogP contribution in [0.2, 0.25) is 5.02 Å². The maximum Gasteiger partial charge on any atom is 0.0406 e. The van der Waals surface area contributed by atoms with Gasteiger partial charge in [-0.25, -0.2) is 0 Å². The Labute approximate surface area is 199 Å². The van der Waals surface area contributed by atoms with E-state index in [-0.39, 0.29) is 0 Å². The van der Waals surface area contributed by atoms with Crippen molar-refractivity contribution in [1.29, 1.82) is 0 Å². The molecule has 0 radical (unpaired) electrons. The lowest BCUT2D eigenvalue weighted by Crippen LogP contribution is -2.20. The third-order valence-electron chi connectivity index (χ3n) is 6.22. The molecule has 4 aromatic rings. The second-order valence-corrected chi connectivity index (χ2v) is 11.0. The molecule has 2 heteroatoms. The summed E-state index contributed by atoms with van der Waals surface area (Å²) in [5.74, 6) is 1.05. The molecule has 32 heavy (non-hydrogen) atoms. The summed E-state index contributed by atoms with van der Waals surface area (Å²) in [5, 5.41) is 4.99. The smallest absolute Gasteiger partial charge is 0.0406 e. The fraction of sp³-hybridized carbons (Fsp3) is 0.200. The average molecular weight is 457 g/mol. The molecule has 2 unspecified atom stereocenters. The minimum atomic E-state index is -0.549. The van der Waals surface area contributed by atoms with Gasteiger partial charge in [-0.05, 0) is 71.8 Å². The van der Waals surface area contributed by atoms with E-state index >= 15 is 0 Å². The zero-order valence-electron chi connectivity index (χ0n) is 18.8. The lowest BCUT2D eigenvalue weighted by molar-refractivity contribution is 0.544. The molecule has 0 spiro atoms. The highest BCUT2D eigenvalue weighted by atomic mass is 35.5. The van der Waals surface area contributed by atoms with Crippen LogP contribution in [0, 0.1) is 0 Å². The lowest BCUT2D eigenvalue weighted by atomic mass is 9.85. The van der Waals surface area contributed by atoms with Gasteiger partial charge in [0.25, 0.3) is 0 Å². The van der Waals surface area contributed by atoms with Gasteiger partial charge in [-0.15, -0.1) is 0 Å². The number of benzene rings is 4. The first-order valence-corrected chi connectivity index (χ1v) is 13.1. The topological polar surface area (TPSA) is 0 Å². The quantitative estimate of drug-likeness (QED) is 0.237. The van der Waals surface area contributed by atoms with Crippen molar-refractivity contribution < 1.29 is 0 Å². The van der Waals surface area contributed by atoms with E-state index in [4.69, 9.17) is 11.6 Å². The Morgan fingerprint density at radius 2 is 1.09 bits per heavy atom. The molecule has 0 fully saturated rings. The van der Waals surface area contributed by atoms with Gasteiger partial charge in [0.15, 0.2) is 0 Å². The molecule has 0 saturated carbocycles. The highest BCUT2D eigenvalue weighted by molar-refractivity contribution is 7.79. The molecule has 0 nitrogen and oxygen atoms in total. The molecule has 0 aliphatic carbocycles. The van der Waals surface area contributed by atoms with Gasteiger partial charge in [0, 0.05) is 5.02 Å². The van der Waals surface area contributed by atoms with Gasteiger partial charge in [0.05, 0.1) is 0 Å². The molecule has 0 amide bonds. The van der Waals surface area contributed by atoms with Gasteiger partial charge in [-0.2, -0.15) is 0 Å². The van der Waals surface area contributed by atoms with Gasteiger partial charge in [-0.1, -0.05) is 123 Å².